The van der Waals surface area contributed by atoms with E-state index in [4.69, 9.17) is 0 Å². The van der Waals surface area contributed by atoms with Gasteiger partial charge in [-0.05, 0) is 31.2 Å². The first-order valence-electron chi connectivity index (χ1n) is 7.08. The molecule has 0 amide bonds. The summed E-state index contributed by atoms with van der Waals surface area (Å²) in [4.78, 5) is 4.65. The normalized spacial score (nSPS) is 17.2. The lowest BCUT2D eigenvalue weighted by molar-refractivity contribution is 0.367. The van der Waals surface area contributed by atoms with Crippen LogP contribution in [-0.2, 0) is 0 Å². The number of hydrogen-bond acceptors (Lipinski definition) is 2. The third-order valence-corrected chi connectivity index (χ3v) is 3.87. The van der Waals surface area contributed by atoms with Gasteiger partial charge in [-0.1, -0.05) is 37.5 Å². The molecule has 0 bridgehead atoms. The zero-order valence-electron chi connectivity index (χ0n) is 11.6. The maximum Gasteiger partial charge on any atom is 0.0456 e. The van der Waals surface area contributed by atoms with Gasteiger partial charge in [0, 0.05) is 31.1 Å². The van der Waals surface area contributed by atoms with E-state index in [1.807, 2.05) is 13.3 Å². The third-order valence-electron chi connectivity index (χ3n) is 3.87. The monoisotopic (exact) mass is 244 g/mol. The number of nitrogens with one attached hydrogen (secondary N) is 1. The lowest BCUT2D eigenvalue weighted by Gasteiger charge is -2.19. The van der Waals surface area contributed by atoms with E-state index in [0.717, 1.165) is 12.5 Å². The van der Waals surface area contributed by atoms with Gasteiger partial charge in [-0.25, -0.2) is 0 Å². The Morgan fingerprint density at radius 2 is 2.06 bits per heavy atom. The summed E-state index contributed by atoms with van der Waals surface area (Å²) in [5, 5.41) is 3.26. The van der Waals surface area contributed by atoms with Crippen molar-refractivity contribution in [2.45, 2.75) is 39.0 Å². The molecule has 18 heavy (non-hydrogen) atoms. The van der Waals surface area contributed by atoms with Gasteiger partial charge >= 0.3 is 0 Å². The summed E-state index contributed by atoms with van der Waals surface area (Å²) in [6.07, 6.45) is 8.97. The highest BCUT2D eigenvalue weighted by Gasteiger charge is 2.12. The molecule has 0 heterocycles. The fourth-order valence-corrected chi connectivity index (χ4v) is 2.81. The van der Waals surface area contributed by atoms with Gasteiger partial charge in [0.2, 0.25) is 0 Å². The van der Waals surface area contributed by atoms with Crippen LogP contribution in [-0.4, -0.2) is 19.8 Å². The Kier molecular flexibility index (Phi) is 4.80. The molecule has 1 aliphatic carbocycles. The first-order valence-corrected chi connectivity index (χ1v) is 7.08. The van der Waals surface area contributed by atoms with E-state index in [1.165, 1.54) is 48.9 Å². The molecule has 2 rings (SSSR count). The highest BCUT2D eigenvalue weighted by molar-refractivity contribution is 5.88. The minimum atomic E-state index is 0.817. The molecule has 1 aromatic carbocycles. The van der Waals surface area contributed by atoms with E-state index in [9.17, 15) is 0 Å². The Morgan fingerprint density at radius 3 is 2.78 bits per heavy atom. The van der Waals surface area contributed by atoms with Crippen LogP contribution in [0.4, 0.5) is 5.69 Å². The second-order valence-electron chi connectivity index (χ2n) is 5.29. The molecule has 0 spiro atoms. The van der Waals surface area contributed by atoms with Crippen LogP contribution in [0.3, 0.4) is 0 Å². The van der Waals surface area contributed by atoms with Gasteiger partial charge in [-0.2, -0.15) is 0 Å². The maximum atomic E-state index is 4.65. The Morgan fingerprint density at radius 1 is 1.28 bits per heavy atom. The summed E-state index contributed by atoms with van der Waals surface area (Å²) in [6, 6.07) is 6.35. The lowest BCUT2D eigenvalue weighted by atomic mass is 9.89. The first kappa shape index (κ1) is 13.1. The molecule has 0 radical (unpaired) electrons. The van der Waals surface area contributed by atoms with Crippen molar-refractivity contribution < 1.29 is 0 Å². The van der Waals surface area contributed by atoms with Crippen LogP contribution in [0.1, 0.15) is 43.2 Å². The van der Waals surface area contributed by atoms with Crippen molar-refractivity contribution >= 4 is 11.9 Å². The van der Waals surface area contributed by atoms with Crippen molar-refractivity contribution in [3.05, 3.63) is 29.3 Å². The molecule has 0 aliphatic heterocycles. The summed E-state index contributed by atoms with van der Waals surface area (Å²) >= 11 is 0. The fraction of sp³-hybridized carbons (Fsp3) is 0.562. The van der Waals surface area contributed by atoms with Gasteiger partial charge in [0.25, 0.3) is 0 Å². The van der Waals surface area contributed by atoms with Crippen LogP contribution in [0.2, 0.25) is 0 Å². The summed E-state index contributed by atoms with van der Waals surface area (Å²) in [5.41, 5.74) is 3.68. The van der Waals surface area contributed by atoms with Gasteiger partial charge in [-0.15, -0.1) is 0 Å². The van der Waals surface area contributed by atoms with Gasteiger partial charge in [0.05, 0.1) is 0 Å². The van der Waals surface area contributed by atoms with Crippen molar-refractivity contribution in [1.29, 1.82) is 0 Å². The van der Waals surface area contributed by atoms with Crippen LogP contribution >= 0.6 is 0 Å². The largest absolute Gasteiger partial charge is 0.387 e. The number of aryl methyl sites for hydroxylation is 1. The van der Waals surface area contributed by atoms with E-state index in [0.29, 0.717) is 0 Å². The second kappa shape index (κ2) is 6.58. The Balaban J connectivity index is 1.97. The predicted molar refractivity (Wildman–Crippen MR) is 79.8 cm³/mol. The third kappa shape index (κ3) is 3.34. The van der Waals surface area contributed by atoms with Crippen LogP contribution in [0, 0.1) is 12.8 Å². The summed E-state index contributed by atoms with van der Waals surface area (Å²) in [6.45, 7) is 3.13. The van der Waals surface area contributed by atoms with E-state index in [2.05, 4.69) is 35.4 Å². The van der Waals surface area contributed by atoms with Crippen LogP contribution in [0.25, 0.3) is 0 Å². The molecular formula is C16H24N2. The smallest absolute Gasteiger partial charge is 0.0456 e. The average Bonchev–Trinajstić information content (AvgIpc) is 2.40. The Labute approximate surface area is 111 Å². The second-order valence-corrected chi connectivity index (χ2v) is 5.29. The standard InChI is InChI=1S/C16H24N2/c1-13-7-6-10-15(16(13)17-2)12-18-11-14-8-4-3-5-9-14/h6-7,10,12,14,17H,3-5,8-9,11H2,1-2H3. The number of anilines is 1. The van der Waals surface area contributed by atoms with Crippen molar-refractivity contribution in [2.75, 3.05) is 18.9 Å². The molecule has 2 heteroatoms. The molecule has 1 N–H and O–H groups in total. The molecule has 0 atom stereocenters. The average molecular weight is 244 g/mol. The zero-order chi connectivity index (χ0) is 12.8. The fourth-order valence-electron chi connectivity index (χ4n) is 2.81. The summed E-state index contributed by atoms with van der Waals surface area (Å²) in [7, 11) is 1.97. The first-order chi connectivity index (χ1) is 8.81. The Bertz CT molecular complexity index is 404. The number of para-hydroxylation sites is 1. The Hall–Kier alpha value is -1.31. The van der Waals surface area contributed by atoms with Crippen molar-refractivity contribution in [3.8, 4) is 0 Å². The van der Waals surface area contributed by atoms with Crippen molar-refractivity contribution in [2.24, 2.45) is 10.9 Å². The number of nitrogens with zero attached hydrogens (tertiary/aromatic N) is 1. The lowest BCUT2D eigenvalue weighted by Crippen LogP contribution is -2.09. The highest BCUT2D eigenvalue weighted by Crippen LogP contribution is 2.24. The summed E-state index contributed by atoms with van der Waals surface area (Å²) < 4.78 is 0. The zero-order valence-corrected chi connectivity index (χ0v) is 11.6. The van der Waals surface area contributed by atoms with Crippen LogP contribution < -0.4 is 5.32 Å². The van der Waals surface area contributed by atoms with Crippen molar-refractivity contribution in [3.63, 3.8) is 0 Å². The number of rotatable bonds is 4. The molecule has 1 saturated carbocycles. The molecule has 1 fully saturated rings. The number of hydrogen-bond donors (Lipinski definition) is 1. The van der Waals surface area contributed by atoms with Crippen LogP contribution in [0.15, 0.2) is 23.2 Å². The van der Waals surface area contributed by atoms with Gasteiger partial charge in [-0.3, -0.25) is 4.99 Å². The molecule has 1 aromatic rings. The number of aliphatic imine (C=N–C) groups is 1. The van der Waals surface area contributed by atoms with Gasteiger partial charge < -0.3 is 5.32 Å². The van der Waals surface area contributed by atoms with Gasteiger partial charge in [0.15, 0.2) is 0 Å². The number of benzene rings is 1. The molecular weight excluding hydrogens is 220 g/mol. The van der Waals surface area contributed by atoms with Crippen LogP contribution in [0.5, 0.6) is 0 Å². The highest BCUT2D eigenvalue weighted by atomic mass is 14.8. The van der Waals surface area contributed by atoms with E-state index in [-0.39, 0.29) is 0 Å². The molecule has 98 valence electrons. The SMILES string of the molecule is CNc1c(C)cccc1C=NCC1CCCCC1. The maximum absolute atomic E-state index is 4.65. The molecule has 0 aromatic heterocycles. The van der Waals surface area contributed by atoms with Gasteiger partial charge in [0.1, 0.15) is 0 Å². The molecule has 0 unspecified atom stereocenters. The van der Waals surface area contributed by atoms with E-state index >= 15 is 0 Å². The molecule has 2 nitrogen and oxygen atoms in total. The predicted octanol–water partition coefficient (Wildman–Crippen LogP) is 4.04. The quantitative estimate of drug-likeness (QED) is 0.794. The minimum Gasteiger partial charge on any atom is -0.387 e. The van der Waals surface area contributed by atoms with Crippen molar-refractivity contribution in [1.82, 2.24) is 0 Å². The topological polar surface area (TPSA) is 24.4 Å². The molecule has 1 aliphatic rings. The van der Waals surface area contributed by atoms with E-state index in [1.54, 1.807) is 0 Å². The van der Waals surface area contributed by atoms with E-state index < -0.39 is 0 Å². The minimum absolute atomic E-state index is 0.817. The molecule has 0 saturated heterocycles. The summed E-state index contributed by atoms with van der Waals surface area (Å²) in [5.74, 6) is 0.817.